The van der Waals surface area contributed by atoms with Crippen molar-refractivity contribution in [3.8, 4) is 0 Å². The summed E-state index contributed by atoms with van der Waals surface area (Å²) in [6.45, 7) is 6.96. The van der Waals surface area contributed by atoms with Gasteiger partial charge in [-0.1, -0.05) is 0 Å². The lowest BCUT2D eigenvalue weighted by atomic mass is 10.1. The molecule has 1 N–H and O–H groups in total. The number of rotatable bonds is 6. The number of aromatic nitrogens is 1. The van der Waals surface area contributed by atoms with E-state index in [0.717, 1.165) is 23.7 Å². The van der Waals surface area contributed by atoms with Crippen molar-refractivity contribution in [2.45, 2.75) is 45.1 Å². The zero-order valence-electron chi connectivity index (χ0n) is 12.5. The Morgan fingerprint density at radius 1 is 1.55 bits per heavy atom. The number of aryl methyl sites for hydroxylation is 1. The first-order chi connectivity index (χ1) is 9.46. The largest absolute Gasteiger partial charge is 0.465 e. The van der Waals surface area contributed by atoms with Crippen LogP contribution in [-0.2, 0) is 20.7 Å². The first-order valence-corrected chi connectivity index (χ1v) is 7.72. The summed E-state index contributed by atoms with van der Waals surface area (Å²) in [6, 6.07) is 0. The van der Waals surface area contributed by atoms with Gasteiger partial charge in [-0.25, -0.2) is 4.98 Å². The summed E-state index contributed by atoms with van der Waals surface area (Å²) in [5, 5.41) is 4.22. The first kappa shape index (κ1) is 15.3. The van der Waals surface area contributed by atoms with Gasteiger partial charge >= 0.3 is 5.97 Å². The van der Waals surface area contributed by atoms with E-state index in [-0.39, 0.29) is 17.4 Å². The lowest BCUT2D eigenvalue weighted by Gasteiger charge is -2.24. The number of carbonyl (C=O) groups is 1. The first-order valence-electron chi connectivity index (χ1n) is 6.90. The summed E-state index contributed by atoms with van der Waals surface area (Å²) in [7, 11) is 1.68. The lowest BCUT2D eigenvalue weighted by Crippen LogP contribution is -2.35. The van der Waals surface area contributed by atoms with Crippen molar-refractivity contribution in [3.63, 3.8) is 0 Å². The van der Waals surface area contributed by atoms with E-state index >= 15 is 0 Å². The Morgan fingerprint density at radius 2 is 2.30 bits per heavy atom. The van der Waals surface area contributed by atoms with Crippen LogP contribution in [0.2, 0.25) is 0 Å². The van der Waals surface area contributed by atoms with Crippen LogP contribution in [0.1, 0.15) is 43.7 Å². The number of nitrogens with one attached hydrogen (secondary N) is 1. The summed E-state index contributed by atoms with van der Waals surface area (Å²) in [6.07, 6.45) is 1.72. The molecule has 5 nitrogen and oxygen atoms in total. The van der Waals surface area contributed by atoms with Crippen molar-refractivity contribution in [2.75, 3.05) is 25.6 Å². The predicted molar refractivity (Wildman–Crippen MR) is 79.4 cm³/mol. The number of fused-ring (bicyclic) bond motifs is 1. The minimum Gasteiger partial charge on any atom is -0.465 e. The molecular formula is C14H22N2O3S. The molecule has 0 aliphatic heterocycles. The Kier molecular flexibility index (Phi) is 4.65. The molecule has 1 aromatic rings. The number of hydrogen-bond donors (Lipinski definition) is 1. The molecule has 0 saturated heterocycles. The SMILES string of the molecule is CCOC(=O)C1CCc2sc(NC(C)(C)COC)nc21. The second-order valence-corrected chi connectivity index (χ2v) is 6.70. The molecule has 1 atom stereocenters. The normalized spacial score (nSPS) is 17.9. The van der Waals surface area contributed by atoms with Crippen molar-refractivity contribution >= 4 is 22.4 Å². The second-order valence-electron chi connectivity index (χ2n) is 5.61. The Labute approximate surface area is 123 Å². The van der Waals surface area contributed by atoms with Gasteiger partial charge < -0.3 is 14.8 Å². The summed E-state index contributed by atoms with van der Waals surface area (Å²) in [5.41, 5.74) is 0.712. The minimum absolute atomic E-state index is 0.153. The van der Waals surface area contributed by atoms with Gasteiger partial charge in [0.15, 0.2) is 5.13 Å². The molecule has 0 radical (unpaired) electrons. The zero-order chi connectivity index (χ0) is 14.8. The number of nitrogens with zero attached hydrogens (tertiary/aromatic N) is 1. The van der Waals surface area contributed by atoms with Crippen LogP contribution >= 0.6 is 11.3 Å². The molecule has 112 valence electrons. The number of hydrogen-bond acceptors (Lipinski definition) is 6. The van der Waals surface area contributed by atoms with Gasteiger partial charge in [0.2, 0.25) is 0 Å². The van der Waals surface area contributed by atoms with E-state index in [2.05, 4.69) is 24.1 Å². The quantitative estimate of drug-likeness (QED) is 0.818. The maximum atomic E-state index is 11.9. The Balaban J connectivity index is 2.10. The lowest BCUT2D eigenvalue weighted by molar-refractivity contribution is -0.145. The number of esters is 1. The smallest absolute Gasteiger partial charge is 0.315 e. The Bertz CT molecular complexity index is 485. The third-order valence-electron chi connectivity index (χ3n) is 3.24. The highest BCUT2D eigenvalue weighted by Gasteiger charge is 2.34. The number of carbonyl (C=O) groups excluding carboxylic acids is 1. The molecule has 0 saturated carbocycles. The summed E-state index contributed by atoms with van der Waals surface area (Å²) < 4.78 is 10.3. The van der Waals surface area contributed by atoms with Crippen molar-refractivity contribution in [2.24, 2.45) is 0 Å². The Hall–Kier alpha value is -1.14. The molecule has 20 heavy (non-hydrogen) atoms. The van der Waals surface area contributed by atoms with E-state index in [9.17, 15) is 4.79 Å². The molecule has 0 amide bonds. The molecule has 1 heterocycles. The molecule has 0 bridgehead atoms. The highest BCUT2D eigenvalue weighted by Crippen LogP contribution is 2.39. The summed E-state index contributed by atoms with van der Waals surface area (Å²) in [5.74, 6) is -0.346. The third kappa shape index (κ3) is 3.30. The molecule has 1 aliphatic carbocycles. The molecule has 1 aromatic heterocycles. The van der Waals surface area contributed by atoms with Crippen molar-refractivity contribution < 1.29 is 14.3 Å². The van der Waals surface area contributed by atoms with Crippen LogP contribution in [0.15, 0.2) is 0 Å². The maximum Gasteiger partial charge on any atom is 0.315 e. The van der Waals surface area contributed by atoms with E-state index in [1.165, 1.54) is 4.88 Å². The fourth-order valence-corrected chi connectivity index (χ4v) is 3.66. The van der Waals surface area contributed by atoms with Crippen molar-refractivity contribution in [1.82, 2.24) is 4.98 Å². The van der Waals surface area contributed by atoms with E-state index in [1.807, 2.05) is 6.92 Å². The number of thiazole rings is 1. The highest BCUT2D eigenvalue weighted by molar-refractivity contribution is 7.15. The van der Waals surface area contributed by atoms with Gasteiger partial charge in [0, 0.05) is 12.0 Å². The molecule has 0 fully saturated rings. The maximum absolute atomic E-state index is 11.9. The van der Waals surface area contributed by atoms with E-state index in [0.29, 0.717) is 13.2 Å². The van der Waals surface area contributed by atoms with Crippen LogP contribution in [0.25, 0.3) is 0 Å². The number of anilines is 1. The van der Waals surface area contributed by atoms with Gasteiger partial charge in [0.25, 0.3) is 0 Å². The fourth-order valence-electron chi connectivity index (χ4n) is 2.44. The Morgan fingerprint density at radius 3 is 2.95 bits per heavy atom. The van der Waals surface area contributed by atoms with E-state index in [4.69, 9.17) is 9.47 Å². The molecule has 0 aromatic carbocycles. The zero-order valence-corrected chi connectivity index (χ0v) is 13.3. The molecular weight excluding hydrogens is 276 g/mol. The van der Waals surface area contributed by atoms with E-state index < -0.39 is 0 Å². The van der Waals surface area contributed by atoms with Crippen LogP contribution in [0.5, 0.6) is 0 Å². The van der Waals surface area contributed by atoms with Crippen LogP contribution < -0.4 is 5.32 Å². The van der Waals surface area contributed by atoms with Crippen LogP contribution in [0.3, 0.4) is 0 Å². The summed E-state index contributed by atoms with van der Waals surface area (Å²) in [4.78, 5) is 17.7. The van der Waals surface area contributed by atoms with Gasteiger partial charge in [-0.3, -0.25) is 4.79 Å². The van der Waals surface area contributed by atoms with Crippen LogP contribution in [-0.4, -0.2) is 36.8 Å². The van der Waals surface area contributed by atoms with Gasteiger partial charge in [-0.05, 0) is 33.6 Å². The van der Waals surface area contributed by atoms with Crippen LogP contribution in [0, 0.1) is 0 Å². The minimum atomic E-state index is -0.192. The van der Waals surface area contributed by atoms with E-state index in [1.54, 1.807) is 18.4 Å². The molecule has 1 aliphatic rings. The van der Waals surface area contributed by atoms with Gasteiger partial charge in [-0.15, -0.1) is 11.3 Å². The van der Waals surface area contributed by atoms with Crippen molar-refractivity contribution in [3.05, 3.63) is 10.6 Å². The average Bonchev–Trinajstić information content (AvgIpc) is 2.87. The van der Waals surface area contributed by atoms with Gasteiger partial charge in [0.05, 0.1) is 24.4 Å². The highest BCUT2D eigenvalue weighted by atomic mass is 32.1. The molecule has 0 spiro atoms. The third-order valence-corrected chi connectivity index (χ3v) is 4.29. The summed E-state index contributed by atoms with van der Waals surface area (Å²) >= 11 is 1.63. The topological polar surface area (TPSA) is 60.5 Å². The second kappa shape index (κ2) is 6.10. The number of ether oxygens (including phenoxy) is 2. The molecule has 2 rings (SSSR count). The van der Waals surface area contributed by atoms with Gasteiger partial charge in [0.1, 0.15) is 5.92 Å². The number of methoxy groups -OCH3 is 1. The monoisotopic (exact) mass is 298 g/mol. The average molecular weight is 298 g/mol. The van der Waals surface area contributed by atoms with Crippen molar-refractivity contribution in [1.29, 1.82) is 0 Å². The van der Waals surface area contributed by atoms with Gasteiger partial charge in [-0.2, -0.15) is 0 Å². The predicted octanol–water partition coefficient (Wildman–Crippen LogP) is 2.57. The molecule has 1 unspecified atom stereocenters. The van der Waals surface area contributed by atoms with Crippen LogP contribution in [0.4, 0.5) is 5.13 Å². The standard InChI is InChI=1S/C14H22N2O3S/c1-5-19-12(17)9-6-7-10-11(9)15-13(20-10)16-14(2,3)8-18-4/h9H,5-8H2,1-4H3,(H,15,16). The fraction of sp³-hybridized carbons (Fsp3) is 0.714. The molecule has 6 heteroatoms.